The van der Waals surface area contributed by atoms with Crippen molar-refractivity contribution in [1.82, 2.24) is 0 Å². The zero-order valence-electron chi connectivity index (χ0n) is 17.7. The summed E-state index contributed by atoms with van der Waals surface area (Å²) in [5.41, 5.74) is 1.22. The van der Waals surface area contributed by atoms with Gasteiger partial charge in [0.2, 0.25) is 0 Å². The minimum absolute atomic E-state index is 0.178. The smallest absolute Gasteiger partial charge is 0.344 e. The Morgan fingerprint density at radius 2 is 1.76 bits per heavy atom. The van der Waals surface area contributed by atoms with E-state index in [1.54, 1.807) is 53.2 Å². The Morgan fingerprint density at radius 3 is 2.41 bits per heavy atom. The highest BCUT2D eigenvalue weighted by Crippen LogP contribution is 2.29. The van der Waals surface area contributed by atoms with Crippen molar-refractivity contribution in [3.63, 3.8) is 0 Å². The van der Waals surface area contributed by atoms with Gasteiger partial charge in [0, 0.05) is 0 Å². The van der Waals surface area contributed by atoms with Gasteiger partial charge in [0.1, 0.15) is 11.4 Å². The van der Waals surface area contributed by atoms with Crippen LogP contribution < -0.4 is 14.2 Å². The van der Waals surface area contributed by atoms with Gasteiger partial charge in [-0.2, -0.15) is 0 Å². The van der Waals surface area contributed by atoms with Crippen LogP contribution in [0.3, 0.4) is 0 Å². The average Bonchev–Trinajstić information content (AvgIpc) is 2.69. The van der Waals surface area contributed by atoms with Crippen molar-refractivity contribution < 1.29 is 28.8 Å². The van der Waals surface area contributed by atoms with Crippen LogP contribution in [-0.2, 0) is 16.0 Å². The Labute approximate surface area is 172 Å². The summed E-state index contributed by atoms with van der Waals surface area (Å²) in [6, 6.07) is 12.8. The maximum Gasteiger partial charge on any atom is 0.344 e. The van der Waals surface area contributed by atoms with Gasteiger partial charge in [0.25, 0.3) is 0 Å². The van der Waals surface area contributed by atoms with E-state index in [1.807, 2.05) is 24.3 Å². The molecule has 0 saturated carbocycles. The molecule has 2 rings (SSSR count). The molecule has 0 heterocycles. The number of methoxy groups -OCH3 is 2. The molecule has 0 spiro atoms. The predicted molar refractivity (Wildman–Crippen MR) is 111 cm³/mol. The number of ether oxygens (including phenoxy) is 4. The van der Waals surface area contributed by atoms with Crippen molar-refractivity contribution in [1.29, 1.82) is 0 Å². The number of rotatable bonds is 9. The number of aryl methyl sites for hydroxylation is 1. The fraction of sp³-hybridized carbons (Fsp3) is 0.435. The third-order valence-electron chi connectivity index (χ3n) is 4.17. The second kappa shape index (κ2) is 10.2. The molecule has 0 aromatic heterocycles. The highest BCUT2D eigenvalue weighted by Gasteiger charge is 2.17. The molecule has 1 atom stereocenters. The molecule has 0 fully saturated rings. The third kappa shape index (κ3) is 7.31. The maximum atomic E-state index is 11.8. The van der Waals surface area contributed by atoms with Gasteiger partial charge in [-0.1, -0.05) is 18.2 Å². The van der Waals surface area contributed by atoms with E-state index in [-0.39, 0.29) is 6.61 Å². The Morgan fingerprint density at radius 1 is 1.03 bits per heavy atom. The summed E-state index contributed by atoms with van der Waals surface area (Å²) < 4.78 is 21.3. The predicted octanol–water partition coefficient (Wildman–Crippen LogP) is 4.09. The molecule has 29 heavy (non-hydrogen) atoms. The van der Waals surface area contributed by atoms with Crippen molar-refractivity contribution in [2.45, 2.75) is 45.3 Å². The van der Waals surface area contributed by atoms with Crippen molar-refractivity contribution in [2.75, 3.05) is 20.8 Å². The molecule has 0 saturated heterocycles. The molecule has 0 unspecified atom stereocenters. The quantitative estimate of drug-likeness (QED) is 0.637. The van der Waals surface area contributed by atoms with E-state index in [0.717, 1.165) is 11.1 Å². The van der Waals surface area contributed by atoms with Gasteiger partial charge in [-0.3, -0.25) is 0 Å². The van der Waals surface area contributed by atoms with Gasteiger partial charge in [0.05, 0.1) is 20.3 Å². The number of carbonyl (C=O) groups is 1. The molecular formula is C23H30O6. The first-order valence-corrected chi connectivity index (χ1v) is 9.55. The van der Waals surface area contributed by atoms with Crippen LogP contribution >= 0.6 is 0 Å². The summed E-state index contributed by atoms with van der Waals surface area (Å²) in [4.78, 5) is 11.8. The molecule has 2 aromatic rings. The number of carbonyl (C=O) groups excluding carboxylic acids is 1. The third-order valence-corrected chi connectivity index (χ3v) is 4.17. The Balaban J connectivity index is 1.93. The monoisotopic (exact) mass is 402 g/mol. The van der Waals surface area contributed by atoms with Crippen LogP contribution in [0, 0.1) is 0 Å². The van der Waals surface area contributed by atoms with Crippen LogP contribution in [0.25, 0.3) is 0 Å². The molecule has 0 amide bonds. The van der Waals surface area contributed by atoms with Crippen LogP contribution in [0.5, 0.6) is 17.2 Å². The molecule has 0 bridgehead atoms. The van der Waals surface area contributed by atoms with Crippen molar-refractivity contribution in [3.05, 3.63) is 53.6 Å². The number of esters is 1. The lowest BCUT2D eigenvalue weighted by Gasteiger charge is -2.19. The lowest BCUT2D eigenvalue weighted by molar-refractivity contribution is -0.157. The molecule has 1 N–H and O–H groups in total. The second-order valence-corrected chi connectivity index (χ2v) is 7.69. The summed E-state index contributed by atoms with van der Waals surface area (Å²) in [7, 11) is 3.19. The number of benzene rings is 2. The molecule has 6 heteroatoms. The first-order chi connectivity index (χ1) is 13.7. The Kier molecular flexibility index (Phi) is 7.91. The molecule has 0 radical (unpaired) electrons. The van der Waals surface area contributed by atoms with E-state index in [2.05, 4.69) is 0 Å². The van der Waals surface area contributed by atoms with Gasteiger partial charge < -0.3 is 24.1 Å². The minimum Gasteiger partial charge on any atom is -0.493 e. The van der Waals surface area contributed by atoms with Crippen LogP contribution in [-0.4, -0.2) is 37.5 Å². The lowest BCUT2D eigenvalue weighted by atomic mass is 10.0. The summed E-state index contributed by atoms with van der Waals surface area (Å²) >= 11 is 0. The first-order valence-electron chi connectivity index (χ1n) is 9.55. The van der Waals surface area contributed by atoms with Crippen molar-refractivity contribution in [3.8, 4) is 17.2 Å². The highest BCUT2D eigenvalue weighted by molar-refractivity contribution is 5.71. The highest BCUT2D eigenvalue weighted by atomic mass is 16.6. The largest absolute Gasteiger partial charge is 0.493 e. The van der Waals surface area contributed by atoms with E-state index in [0.29, 0.717) is 30.1 Å². The minimum atomic E-state index is -0.659. The second-order valence-electron chi connectivity index (χ2n) is 7.69. The van der Waals surface area contributed by atoms with Crippen LogP contribution in [0.1, 0.15) is 44.4 Å². The number of aliphatic hydroxyl groups is 1. The van der Waals surface area contributed by atoms with Gasteiger partial charge in [0.15, 0.2) is 18.1 Å². The van der Waals surface area contributed by atoms with Crippen LogP contribution in [0.2, 0.25) is 0 Å². The normalized spacial score (nSPS) is 12.2. The van der Waals surface area contributed by atoms with Crippen molar-refractivity contribution in [2.24, 2.45) is 0 Å². The Bertz CT molecular complexity index is 809. The molecule has 0 aliphatic heterocycles. The summed E-state index contributed by atoms with van der Waals surface area (Å²) in [5, 5.41) is 10.6. The Hall–Kier alpha value is -2.73. The molecule has 0 aliphatic rings. The fourth-order valence-electron chi connectivity index (χ4n) is 2.83. The van der Waals surface area contributed by atoms with E-state index in [4.69, 9.17) is 18.9 Å². The maximum absolute atomic E-state index is 11.8. The van der Waals surface area contributed by atoms with E-state index in [9.17, 15) is 9.90 Å². The SMILES string of the molecule is COc1ccc(CC[C@H](O)c2cccc(OCC(=O)OC(C)(C)C)c2)cc1OC. The van der Waals surface area contributed by atoms with E-state index in [1.165, 1.54) is 0 Å². The van der Waals surface area contributed by atoms with Gasteiger partial charge >= 0.3 is 5.97 Å². The average molecular weight is 402 g/mol. The van der Waals surface area contributed by atoms with Crippen molar-refractivity contribution >= 4 is 5.97 Å². The summed E-state index contributed by atoms with van der Waals surface area (Å²) in [6.45, 7) is 5.24. The van der Waals surface area contributed by atoms with Gasteiger partial charge in [-0.05, 0) is 69.0 Å². The number of hydrogen-bond donors (Lipinski definition) is 1. The van der Waals surface area contributed by atoms with E-state index < -0.39 is 17.7 Å². The topological polar surface area (TPSA) is 74.2 Å². The van der Waals surface area contributed by atoms with Gasteiger partial charge in [-0.25, -0.2) is 4.79 Å². The summed E-state index contributed by atoms with van der Waals surface area (Å²) in [5.74, 6) is 1.42. The molecule has 0 aliphatic carbocycles. The molecular weight excluding hydrogens is 372 g/mol. The standard InChI is InChI=1S/C23H30O6/c1-23(2,3)29-22(25)15-28-18-8-6-7-17(14-18)19(24)11-9-16-10-12-20(26-4)21(13-16)27-5/h6-8,10,12-14,19,24H,9,11,15H2,1-5H3/t19-/m0/s1. The van der Waals surface area contributed by atoms with Crippen LogP contribution in [0.4, 0.5) is 0 Å². The lowest BCUT2D eigenvalue weighted by Crippen LogP contribution is -2.27. The zero-order chi connectivity index (χ0) is 21.4. The van der Waals surface area contributed by atoms with Crippen LogP contribution in [0.15, 0.2) is 42.5 Å². The summed E-state index contributed by atoms with van der Waals surface area (Å²) in [6.07, 6.45) is 0.545. The molecule has 2 aromatic carbocycles. The molecule has 6 nitrogen and oxygen atoms in total. The fourth-order valence-corrected chi connectivity index (χ4v) is 2.83. The molecule has 158 valence electrons. The zero-order valence-corrected chi connectivity index (χ0v) is 17.7. The first kappa shape index (κ1) is 22.6. The van der Waals surface area contributed by atoms with Gasteiger partial charge in [-0.15, -0.1) is 0 Å². The van der Waals surface area contributed by atoms with E-state index >= 15 is 0 Å². The number of hydrogen-bond acceptors (Lipinski definition) is 6. The number of aliphatic hydroxyl groups excluding tert-OH is 1.